The van der Waals surface area contributed by atoms with Crippen LogP contribution in [0.15, 0.2) is 53.4 Å². The molecule has 0 aliphatic carbocycles. The fraction of sp³-hybridized carbons (Fsp3) is 0.381. The molecular formula is C21H29N3O3S. The first-order valence-electron chi connectivity index (χ1n) is 9.45. The van der Waals surface area contributed by atoms with Gasteiger partial charge >= 0.3 is 0 Å². The van der Waals surface area contributed by atoms with E-state index in [0.29, 0.717) is 11.6 Å². The van der Waals surface area contributed by atoms with Crippen LogP contribution in [0.3, 0.4) is 0 Å². The number of nitrogens with two attached hydrogens (primary N) is 1. The van der Waals surface area contributed by atoms with E-state index in [2.05, 4.69) is 55.7 Å². The molecule has 0 bridgehead atoms. The SMILES string of the molecule is CCCc1ccc([C@@H](NCC(=O)Nc2cccc(S(N)(=O)=O)c2)C(C)C)cc1. The first-order chi connectivity index (χ1) is 13.2. The third-order valence-corrected chi connectivity index (χ3v) is 5.38. The summed E-state index contributed by atoms with van der Waals surface area (Å²) in [5.41, 5.74) is 2.84. The summed E-state index contributed by atoms with van der Waals surface area (Å²) in [5, 5.41) is 11.1. The third-order valence-electron chi connectivity index (χ3n) is 4.47. The zero-order chi connectivity index (χ0) is 20.7. The Bertz CT molecular complexity index is 893. The van der Waals surface area contributed by atoms with E-state index in [0.717, 1.165) is 18.4 Å². The lowest BCUT2D eigenvalue weighted by Gasteiger charge is -2.23. The van der Waals surface area contributed by atoms with Crippen LogP contribution in [0.5, 0.6) is 0 Å². The average Bonchev–Trinajstić information content (AvgIpc) is 2.62. The molecule has 0 aromatic heterocycles. The van der Waals surface area contributed by atoms with Crippen LogP contribution in [0.25, 0.3) is 0 Å². The van der Waals surface area contributed by atoms with Gasteiger partial charge < -0.3 is 10.6 Å². The van der Waals surface area contributed by atoms with Crippen LogP contribution in [0.2, 0.25) is 0 Å². The van der Waals surface area contributed by atoms with Crippen molar-refractivity contribution >= 4 is 21.6 Å². The van der Waals surface area contributed by atoms with Crippen LogP contribution >= 0.6 is 0 Å². The standard InChI is InChI=1S/C21H29N3O3S/c1-4-6-16-9-11-17(12-10-16)21(15(2)3)23-14-20(25)24-18-7-5-8-19(13-18)28(22,26)27/h5,7-13,15,21,23H,4,6,14H2,1-3H3,(H,24,25)(H2,22,26,27)/t21-/m0/s1. The summed E-state index contributed by atoms with van der Waals surface area (Å²) < 4.78 is 22.9. The van der Waals surface area contributed by atoms with E-state index in [1.54, 1.807) is 6.07 Å². The monoisotopic (exact) mass is 403 g/mol. The summed E-state index contributed by atoms with van der Waals surface area (Å²) in [6, 6.07) is 14.4. The third kappa shape index (κ3) is 6.44. The van der Waals surface area contributed by atoms with Gasteiger partial charge in [0.2, 0.25) is 15.9 Å². The maximum Gasteiger partial charge on any atom is 0.238 e. The molecule has 0 saturated heterocycles. The Morgan fingerprint density at radius 1 is 1.11 bits per heavy atom. The number of benzene rings is 2. The van der Waals surface area contributed by atoms with Gasteiger partial charge in [0.25, 0.3) is 0 Å². The van der Waals surface area contributed by atoms with Gasteiger partial charge in [-0.05, 0) is 41.7 Å². The average molecular weight is 404 g/mol. The molecule has 0 aliphatic heterocycles. The second-order valence-corrected chi connectivity index (χ2v) is 8.78. The van der Waals surface area contributed by atoms with E-state index in [9.17, 15) is 13.2 Å². The van der Waals surface area contributed by atoms with E-state index in [1.165, 1.54) is 23.8 Å². The summed E-state index contributed by atoms with van der Waals surface area (Å²) in [6.07, 6.45) is 2.16. The number of amides is 1. The van der Waals surface area contributed by atoms with Crippen LogP contribution in [-0.2, 0) is 21.2 Å². The summed E-state index contributed by atoms with van der Waals surface area (Å²) in [5.74, 6) is 0.0513. The minimum Gasteiger partial charge on any atom is -0.325 e. The van der Waals surface area contributed by atoms with Gasteiger partial charge in [-0.25, -0.2) is 13.6 Å². The lowest BCUT2D eigenvalue weighted by atomic mass is 9.94. The molecular weight excluding hydrogens is 374 g/mol. The quantitative estimate of drug-likeness (QED) is 0.598. The highest BCUT2D eigenvalue weighted by molar-refractivity contribution is 7.89. The molecule has 2 aromatic carbocycles. The predicted octanol–water partition coefficient (Wildman–Crippen LogP) is 3.21. The van der Waals surface area contributed by atoms with Gasteiger partial charge in [-0.15, -0.1) is 0 Å². The van der Waals surface area contributed by atoms with Gasteiger partial charge in [0, 0.05) is 11.7 Å². The van der Waals surface area contributed by atoms with Crippen LogP contribution in [0.4, 0.5) is 5.69 Å². The van der Waals surface area contributed by atoms with Gasteiger partial charge in [-0.2, -0.15) is 0 Å². The predicted molar refractivity (Wildman–Crippen MR) is 112 cm³/mol. The number of anilines is 1. The molecule has 0 unspecified atom stereocenters. The number of hydrogen-bond donors (Lipinski definition) is 3. The van der Waals surface area contributed by atoms with Gasteiger partial charge in [0.15, 0.2) is 0 Å². The maximum atomic E-state index is 12.3. The molecule has 0 fully saturated rings. The molecule has 1 amide bonds. The fourth-order valence-electron chi connectivity index (χ4n) is 3.08. The molecule has 152 valence electrons. The molecule has 0 aliphatic rings. The Morgan fingerprint density at radius 2 is 1.79 bits per heavy atom. The molecule has 1 atom stereocenters. The molecule has 6 nitrogen and oxygen atoms in total. The molecule has 28 heavy (non-hydrogen) atoms. The van der Waals surface area contributed by atoms with Gasteiger partial charge in [-0.3, -0.25) is 4.79 Å². The second-order valence-electron chi connectivity index (χ2n) is 7.22. The van der Waals surface area contributed by atoms with Crippen molar-refractivity contribution in [3.8, 4) is 0 Å². The van der Waals surface area contributed by atoms with E-state index in [1.807, 2.05) is 0 Å². The van der Waals surface area contributed by atoms with Crippen molar-refractivity contribution in [1.29, 1.82) is 0 Å². The molecule has 0 spiro atoms. The minimum absolute atomic E-state index is 0.0366. The molecule has 0 heterocycles. The Hall–Kier alpha value is -2.22. The molecule has 2 aromatic rings. The lowest BCUT2D eigenvalue weighted by Crippen LogP contribution is -2.33. The summed E-state index contributed by atoms with van der Waals surface area (Å²) in [6.45, 7) is 6.47. The van der Waals surface area contributed by atoms with Gasteiger partial charge in [-0.1, -0.05) is 57.5 Å². The summed E-state index contributed by atoms with van der Waals surface area (Å²) in [4.78, 5) is 12.3. The topological polar surface area (TPSA) is 101 Å². The molecule has 2 rings (SSSR count). The largest absolute Gasteiger partial charge is 0.325 e. The van der Waals surface area contributed by atoms with Crippen LogP contribution < -0.4 is 15.8 Å². The summed E-state index contributed by atoms with van der Waals surface area (Å²) >= 11 is 0. The number of carbonyl (C=O) groups excluding carboxylic acids is 1. The fourth-order valence-corrected chi connectivity index (χ4v) is 3.64. The van der Waals surface area contributed by atoms with Gasteiger partial charge in [0.1, 0.15) is 0 Å². The number of carbonyl (C=O) groups is 1. The van der Waals surface area contributed by atoms with Crippen molar-refractivity contribution in [1.82, 2.24) is 5.32 Å². The Kier molecular flexibility index (Phi) is 7.74. The Morgan fingerprint density at radius 3 is 2.36 bits per heavy atom. The van der Waals surface area contributed by atoms with Crippen molar-refractivity contribution in [2.45, 2.75) is 44.6 Å². The van der Waals surface area contributed by atoms with Crippen molar-refractivity contribution in [3.05, 3.63) is 59.7 Å². The highest BCUT2D eigenvalue weighted by Gasteiger charge is 2.17. The van der Waals surface area contributed by atoms with Crippen molar-refractivity contribution in [3.63, 3.8) is 0 Å². The molecule has 0 radical (unpaired) electrons. The second kappa shape index (κ2) is 9.82. The molecule has 7 heteroatoms. The number of sulfonamides is 1. The van der Waals surface area contributed by atoms with Crippen LogP contribution in [0.1, 0.15) is 44.4 Å². The zero-order valence-corrected chi connectivity index (χ0v) is 17.4. The number of nitrogens with one attached hydrogen (secondary N) is 2. The van der Waals surface area contributed by atoms with Crippen molar-refractivity contribution in [2.75, 3.05) is 11.9 Å². The highest BCUT2D eigenvalue weighted by Crippen LogP contribution is 2.22. The Balaban J connectivity index is 2.01. The Labute approximate surface area is 167 Å². The lowest BCUT2D eigenvalue weighted by molar-refractivity contribution is -0.115. The summed E-state index contributed by atoms with van der Waals surface area (Å²) in [7, 11) is -3.81. The number of aryl methyl sites for hydroxylation is 1. The van der Waals surface area contributed by atoms with E-state index in [-0.39, 0.29) is 23.4 Å². The maximum absolute atomic E-state index is 12.3. The first kappa shape index (κ1) is 22.1. The molecule has 0 saturated carbocycles. The zero-order valence-electron chi connectivity index (χ0n) is 16.6. The number of hydrogen-bond acceptors (Lipinski definition) is 4. The normalized spacial score (nSPS) is 12.8. The number of rotatable bonds is 9. The number of primary sulfonamides is 1. The minimum atomic E-state index is -3.81. The van der Waals surface area contributed by atoms with E-state index < -0.39 is 10.0 Å². The smallest absolute Gasteiger partial charge is 0.238 e. The van der Waals surface area contributed by atoms with Crippen molar-refractivity contribution < 1.29 is 13.2 Å². The van der Waals surface area contributed by atoms with Crippen molar-refractivity contribution in [2.24, 2.45) is 11.1 Å². The highest BCUT2D eigenvalue weighted by atomic mass is 32.2. The van der Waals surface area contributed by atoms with Gasteiger partial charge in [0.05, 0.1) is 11.4 Å². The van der Waals surface area contributed by atoms with E-state index in [4.69, 9.17) is 5.14 Å². The van der Waals surface area contributed by atoms with Crippen LogP contribution in [0, 0.1) is 5.92 Å². The van der Waals surface area contributed by atoms with Crippen LogP contribution in [-0.4, -0.2) is 20.9 Å². The van der Waals surface area contributed by atoms with E-state index >= 15 is 0 Å². The first-order valence-corrected chi connectivity index (χ1v) is 11.0. The molecule has 4 N–H and O–H groups in total.